The summed E-state index contributed by atoms with van der Waals surface area (Å²) >= 11 is 0. The molecule has 0 unspecified atom stereocenters. The number of aromatic nitrogens is 2. The fourth-order valence-corrected chi connectivity index (χ4v) is 2.58. The Kier molecular flexibility index (Phi) is 4.36. The second-order valence-corrected chi connectivity index (χ2v) is 5.24. The minimum atomic E-state index is -1.06. The highest BCUT2D eigenvalue weighted by Gasteiger charge is 2.27. The fraction of sp³-hybridized carbons (Fsp3) is 0.118. The number of rotatable bonds is 4. The van der Waals surface area contributed by atoms with E-state index in [1.54, 1.807) is 6.92 Å². The molecule has 0 spiro atoms. The smallest absolute Gasteiger partial charge is 0.376 e. The second kappa shape index (κ2) is 6.63. The highest BCUT2D eigenvalue weighted by Crippen LogP contribution is 2.31. The Labute approximate surface area is 146 Å². The third-order valence-electron chi connectivity index (χ3n) is 3.68. The minimum Gasteiger partial charge on any atom is -0.501 e. The summed E-state index contributed by atoms with van der Waals surface area (Å²) in [5, 5.41) is 21.4. The third-order valence-corrected chi connectivity index (χ3v) is 3.68. The van der Waals surface area contributed by atoms with Crippen LogP contribution in [-0.2, 0) is 4.74 Å². The first kappa shape index (κ1) is 17.1. The van der Waals surface area contributed by atoms with Crippen LogP contribution in [0, 0.1) is 10.1 Å². The molecule has 0 fully saturated rings. The molecule has 9 heteroatoms. The van der Waals surface area contributed by atoms with E-state index < -0.39 is 27.9 Å². The van der Waals surface area contributed by atoms with Crippen LogP contribution in [0.15, 0.2) is 47.4 Å². The number of hydrogen-bond acceptors (Lipinski definition) is 7. The Morgan fingerprint density at radius 1 is 1.35 bits per heavy atom. The van der Waals surface area contributed by atoms with E-state index >= 15 is 0 Å². The first-order valence-corrected chi connectivity index (χ1v) is 7.60. The number of nitrogens with zero attached hydrogens (tertiary/aromatic N) is 3. The largest absolute Gasteiger partial charge is 0.501 e. The summed E-state index contributed by atoms with van der Waals surface area (Å²) in [6, 6.07) is 8.78. The fourth-order valence-electron chi connectivity index (χ4n) is 2.58. The summed E-state index contributed by atoms with van der Waals surface area (Å²) in [5.74, 6) is -1.34. The molecule has 132 valence electrons. The molecule has 0 radical (unpaired) electrons. The molecule has 0 aliphatic carbocycles. The van der Waals surface area contributed by atoms with Crippen LogP contribution in [0.4, 0.5) is 5.69 Å². The number of ether oxygens (including phenoxy) is 1. The topological polar surface area (TPSA) is 125 Å². The zero-order chi connectivity index (χ0) is 18.8. The quantitative estimate of drug-likeness (QED) is 0.432. The van der Waals surface area contributed by atoms with Crippen molar-refractivity contribution in [3.05, 3.63) is 68.6 Å². The van der Waals surface area contributed by atoms with Crippen LogP contribution in [0.1, 0.15) is 17.3 Å². The summed E-state index contributed by atoms with van der Waals surface area (Å²) in [5.41, 5.74) is -1.63. The number of pyridine rings is 2. The maximum atomic E-state index is 12.7. The van der Waals surface area contributed by atoms with E-state index in [-0.39, 0.29) is 28.9 Å². The van der Waals surface area contributed by atoms with E-state index in [0.717, 1.165) is 4.57 Å². The van der Waals surface area contributed by atoms with Gasteiger partial charge in [0, 0.05) is 6.20 Å². The predicted molar refractivity (Wildman–Crippen MR) is 91.6 cm³/mol. The normalized spacial score (nSPS) is 10.7. The van der Waals surface area contributed by atoms with E-state index in [4.69, 9.17) is 4.74 Å². The summed E-state index contributed by atoms with van der Waals surface area (Å²) < 4.78 is 5.91. The van der Waals surface area contributed by atoms with Gasteiger partial charge in [-0.3, -0.25) is 19.5 Å². The number of fused-ring (bicyclic) bond motifs is 1. The van der Waals surface area contributed by atoms with Crippen molar-refractivity contribution in [1.29, 1.82) is 0 Å². The summed E-state index contributed by atoms with van der Waals surface area (Å²) in [4.78, 5) is 39.0. The molecule has 0 aliphatic heterocycles. The van der Waals surface area contributed by atoms with Gasteiger partial charge >= 0.3 is 17.2 Å². The van der Waals surface area contributed by atoms with Crippen LogP contribution >= 0.6 is 0 Å². The molecule has 26 heavy (non-hydrogen) atoms. The van der Waals surface area contributed by atoms with Gasteiger partial charge in [0.25, 0.3) is 0 Å². The van der Waals surface area contributed by atoms with E-state index in [1.807, 2.05) is 0 Å². The number of aromatic hydroxyl groups is 1. The number of carbonyl (C=O) groups is 1. The van der Waals surface area contributed by atoms with Crippen molar-refractivity contribution >= 4 is 22.7 Å². The maximum absolute atomic E-state index is 12.7. The molecule has 3 aromatic rings. The number of benzene rings is 1. The van der Waals surface area contributed by atoms with Gasteiger partial charge in [-0.25, -0.2) is 9.78 Å². The summed E-state index contributed by atoms with van der Waals surface area (Å²) in [6.07, 6.45) is 1.39. The molecule has 1 N–H and O–H groups in total. The lowest BCUT2D eigenvalue weighted by Crippen LogP contribution is -2.22. The molecule has 2 aromatic heterocycles. The van der Waals surface area contributed by atoms with Crippen LogP contribution in [0.25, 0.3) is 16.7 Å². The van der Waals surface area contributed by atoms with Gasteiger partial charge in [-0.2, -0.15) is 0 Å². The highest BCUT2D eigenvalue weighted by atomic mass is 16.6. The summed E-state index contributed by atoms with van der Waals surface area (Å²) in [7, 11) is 0. The van der Waals surface area contributed by atoms with E-state index in [9.17, 15) is 24.8 Å². The second-order valence-electron chi connectivity index (χ2n) is 5.24. The van der Waals surface area contributed by atoms with Crippen molar-refractivity contribution in [2.45, 2.75) is 6.92 Å². The number of esters is 1. The van der Waals surface area contributed by atoms with Crippen LogP contribution in [0.3, 0.4) is 0 Å². The number of hydrogen-bond donors (Lipinski definition) is 1. The first-order valence-electron chi connectivity index (χ1n) is 7.60. The van der Waals surface area contributed by atoms with Gasteiger partial charge in [-0.1, -0.05) is 6.07 Å². The van der Waals surface area contributed by atoms with E-state index in [2.05, 4.69) is 4.98 Å². The van der Waals surface area contributed by atoms with Crippen molar-refractivity contribution in [2.75, 3.05) is 6.61 Å². The first-order chi connectivity index (χ1) is 12.5. The Bertz CT molecular complexity index is 1090. The zero-order valence-corrected chi connectivity index (χ0v) is 13.6. The molecule has 0 saturated carbocycles. The molecule has 0 saturated heterocycles. The number of nitro groups is 1. The van der Waals surface area contributed by atoms with Gasteiger partial charge in [0.1, 0.15) is 0 Å². The van der Waals surface area contributed by atoms with E-state index in [0.29, 0.717) is 0 Å². The monoisotopic (exact) mass is 355 g/mol. The van der Waals surface area contributed by atoms with Crippen LogP contribution in [-0.4, -0.2) is 32.2 Å². The maximum Gasteiger partial charge on any atom is 0.376 e. The molecule has 0 atom stereocenters. The molecule has 0 aliphatic rings. The van der Waals surface area contributed by atoms with Gasteiger partial charge in [0.15, 0.2) is 5.65 Å². The van der Waals surface area contributed by atoms with E-state index in [1.165, 1.54) is 42.6 Å². The lowest BCUT2D eigenvalue weighted by molar-refractivity contribution is -0.387. The standard InChI is InChI=1S/C17H13N3O6/c1-2-26-17(23)10-5-3-6-11(9-10)19-15-12(7-4-8-18-15)14(21)13(16(19)22)20(24)25/h3-9,21H,2H2,1H3. The lowest BCUT2D eigenvalue weighted by atomic mass is 10.1. The summed E-state index contributed by atoms with van der Waals surface area (Å²) in [6.45, 7) is 1.84. The lowest BCUT2D eigenvalue weighted by Gasteiger charge is -2.11. The van der Waals surface area contributed by atoms with Crippen molar-refractivity contribution < 1.29 is 19.6 Å². The van der Waals surface area contributed by atoms with Crippen molar-refractivity contribution in [3.8, 4) is 11.4 Å². The molecule has 3 rings (SSSR count). The van der Waals surface area contributed by atoms with Crippen molar-refractivity contribution in [3.63, 3.8) is 0 Å². The van der Waals surface area contributed by atoms with Gasteiger partial charge in [-0.05, 0) is 37.3 Å². The number of carbonyl (C=O) groups excluding carboxylic acids is 1. The average Bonchev–Trinajstić information content (AvgIpc) is 2.62. The molecule has 9 nitrogen and oxygen atoms in total. The minimum absolute atomic E-state index is 0.0293. The van der Waals surface area contributed by atoms with Crippen molar-refractivity contribution in [2.24, 2.45) is 0 Å². The molecule has 0 bridgehead atoms. The Morgan fingerprint density at radius 2 is 2.12 bits per heavy atom. The van der Waals surface area contributed by atoms with Crippen LogP contribution < -0.4 is 5.56 Å². The molecular weight excluding hydrogens is 342 g/mol. The highest BCUT2D eigenvalue weighted by molar-refractivity contribution is 5.91. The Morgan fingerprint density at radius 3 is 2.81 bits per heavy atom. The molecule has 2 heterocycles. The zero-order valence-electron chi connectivity index (χ0n) is 13.6. The Balaban J connectivity index is 2.36. The SMILES string of the molecule is CCOC(=O)c1cccc(-n2c(=O)c([N+](=O)[O-])c(O)c3cccnc32)c1. The predicted octanol–water partition coefficient (Wildman–Crippen LogP) is 2.18. The van der Waals surface area contributed by atoms with Gasteiger partial charge in [0.05, 0.1) is 28.2 Å². The molecular formula is C17H13N3O6. The van der Waals surface area contributed by atoms with Gasteiger partial charge in [-0.15, -0.1) is 0 Å². The third kappa shape index (κ3) is 2.75. The Hall–Kier alpha value is -3.75. The molecule has 0 amide bonds. The van der Waals surface area contributed by atoms with Gasteiger partial charge in [0.2, 0.25) is 5.75 Å². The average molecular weight is 355 g/mol. The molecule has 1 aromatic carbocycles. The van der Waals surface area contributed by atoms with Crippen molar-refractivity contribution in [1.82, 2.24) is 9.55 Å². The van der Waals surface area contributed by atoms with Crippen LogP contribution in [0.2, 0.25) is 0 Å². The van der Waals surface area contributed by atoms with Crippen LogP contribution in [0.5, 0.6) is 5.75 Å². The van der Waals surface area contributed by atoms with Gasteiger partial charge < -0.3 is 9.84 Å².